The van der Waals surface area contributed by atoms with Crippen LogP contribution in [0, 0.1) is 6.92 Å². The molecule has 0 radical (unpaired) electrons. The molecule has 1 aromatic carbocycles. The molecular weight excluding hydrogens is 322 g/mol. The fraction of sp³-hybridized carbons (Fsp3) is 0.357. The van der Waals surface area contributed by atoms with E-state index in [0.717, 1.165) is 27.1 Å². The molecule has 0 spiro atoms. The summed E-state index contributed by atoms with van der Waals surface area (Å²) in [5.41, 5.74) is 3.11. The van der Waals surface area contributed by atoms with E-state index in [2.05, 4.69) is 32.3 Å². The van der Waals surface area contributed by atoms with Gasteiger partial charge < -0.3 is 4.90 Å². The lowest BCUT2D eigenvalue weighted by atomic mass is 10.1. The Hall–Kier alpha value is -1.69. The summed E-state index contributed by atoms with van der Waals surface area (Å²) in [7, 11) is 0. The normalized spacial score (nSPS) is 21.6. The van der Waals surface area contributed by atoms with Crippen LogP contribution in [0.4, 0.5) is 5.69 Å². The number of nitrogens with one attached hydrogen (secondary N) is 1. The Kier molecular flexibility index (Phi) is 3.12. The van der Waals surface area contributed by atoms with Crippen molar-refractivity contribution in [2.24, 2.45) is 4.99 Å². The van der Waals surface area contributed by atoms with E-state index >= 15 is 0 Å². The molecule has 1 N–H and O–H groups in total. The maximum atomic E-state index is 11.8. The third kappa shape index (κ3) is 2.14. The van der Waals surface area contributed by atoms with Gasteiger partial charge in [0.05, 0.1) is 12.1 Å². The second kappa shape index (κ2) is 4.70. The van der Waals surface area contributed by atoms with E-state index < -0.39 is 6.04 Å². The van der Waals surface area contributed by atoms with E-state index in [1.165, 1.54) is 0 Å². The topological polar surface area (TPSA) is 61.8 Å². The number of aliphatic imine (C=N–C) groups is 1. The third-order valence-electron chi connectivity index (χ3n) is 3.64. The maximum Gasteiger partial charge on any atom is 0.249 e. The van der Waals surface area contributed by atoms with Crippen molar-refractivity contribution >= 4 is 39.3 Å². The van der Waals surface area contributed by atoms with Gasteiger partial charge in [0.2, 0.25) is 11.8 Å². The molecule has 0 saturated carbocycles. The minimum absolute atomic E-state index is 0.202. The number of hydrogen-bond donors (Lipinski definition) is 1. The van der Waals surface area contributed by atoms with Crippen LogP contribution < -0.4 is 5.32 Å². The molecular formula is C14H14BrN3O2. The lowest BCUT2D eigenvalue weighted by Gasteiger charge is -2.32. The number of rotatable bonds is 1. The molecule has 2 aliphatic heterocycles. The summed E-state index contributed by atoms with van der Waals surface area (Å²) >= 11 is 3.53. The number of imide groups is 1. The van der Waals surface area contributed by atoms with E-state index in [4.69, 9.17) is 0 Å². The molecule has 104 valence electrons. The molecule has 5 nitrogen and oxygen atoms in total. The first kappa shape index (κ1) is 13.3. The number of amidine groups is 1. The van der Waals surface area contributed by atoms with Crippen molar-refractivity contribution in [1.82, 2.24) is 10.2 Å². The number of benzene rings is 1. The van der Waals surface area contributed by atoms with Gasteiger partial charge in [0, 0.05) is 11.0 Å². The zero-order valence-electron chi connectivity index (χ0n) is 11.2. The van der Waals surface area contributed by atoms with Crippen LogP contribution in [-0.4, -0.2) is 28.6 Å². The van der Waals surface area contributed by atoms with Gasteiger partial charge >= 0.3 is 0 Å². The molecule has 2 aliphatic rings. The van der Waals surface area contributed by atoms with E-state index in [1.54, 1.807) is 0 Å². The van der Waals surface area contributed by atoms with Crippen molar-refractivity contribution in [3.05, 3.63) is 27.7 Å². The number of aryl methyl sites for hydroxylation is 1. The molecule has 20 heavy (non-hydrogen) atoms. The number of nitrogens with zero attached hydrogens (tertiary/aromatic N) is 2. The zero-order valence-corrected chi connectivity index (χ0v) is 12.8. The number of fused-ring (bicyclic) bond motifs is 1. The van der Waals surface area contributed by atoms with Crippen molar-refractivity contribution in [2.45, 2.75) is 32.9 Å². The molecule has 2 amide bonds. The molecule has 3 rings (SSSR count). The highest BCUT2D eigenvalue weighted by atomic mass is 79.9. The number of carbonyl (C=O) groups excluding carboxylic acids is 2. The SMILES string of the molecule is CC1=Nc2c(Br)cc(C)cc2CN1C1CC(=O)NC1=O. The molecule has 1 saturated heterocycles. The zero-order chi connectivity index (χ0) is 14.4. The van der Waals surface area contributed by atoms with Gasteiger partial charge in [0.25, 0.3) is 0 Å². The number of carbonyl (C=O) groups is 2. The minimum atomic E-state index is -0.446. The van der Waals surface area contributed by atoms with Crippen molar-refractivity contribution in [3.63, 3.8) is 0 Å². The highest BCUT2D eigenvalue weighted by Gasteiger charge is 2.37. The Labute approximate surface area is 125 Å². The Morgan fingerprint density at radius 1 is 1.35 bits per heavy atom. The summed E-state index contributed by atoms with van der Waals surface area (Å²) < 4.78 is 0.957. The first-order chi connectivity index (χ1) is 9.45. The molecule has 1 atom stereocenters. The van der Waals surface area contributed by atoms with Gasteiger partial charge in [0.15, 0.2) is 0 Å². The molecule has 2 heterocycles. The average molecular weight is 336 g/mol. The number of hydrogen-bond acceptors (Lipinski definition) is 4. The van der Waals surface area contributed by atoms with Crippen molar-refractivity contribution in [1.29, 1.82) is 0 Å². The molecule has 0 bridgehead atoms. The van der Waals surface area contributed by atoms with Crippen LogP contribution in [-0.2, 0) is 16.1 Å². The quantitative estimate of drug-likeness (QED) is 0.799. The van der Waals surface area contributed by atoms with Gasteiger partial charge in [-0.3, -0.25) is 14.9 Å². The van der Waals surface area contributed by atoms with Gasteiger partial charge in [-0.25, -0.2) is 4.99 Å². The highest BCUT2D eigenvalue weighted by molar-refractivity contribution is 9.10. The van der Waals surface area contributed by atoms with Crippen LogP contribution in [0.1, 0.15) is 24.5 Å². The van der Waals surface area contributed by atoms with Crippen LogP contribution >= 0.6 is 15.9 Å². The van der Waals surface area contributed by atoms with Crippen LogP contribution in [0.25, 0.3) is 0 Å². The van der Waals surface area contributed by atoms with Crippen LogP contribution in [0.5, 0.6) is 0 Å². The van der Waals surface area contributed by atoms with Gasteiger partial charge in [-0.1, -0.05) is 6.07 Å². The summed E-state index contributed by atoms with van der Waals surface area (Å²) in [6, 6.07) is 3.65. The lowest BCUT2D eigenvalue weighted by Crippen LogP contribution is -2.44. The predicted octanol–water partition coefficient (Wildman–Crippen LogP) is 2.04. The standard InChI is InChI=1S/C14H14BrN3O2/c1-7-3-9-6-18(11-5-12(19)17-14(11)20)8(2)16-13(9)10(15)4-7/h3-4,11H,5-6H2,1-2H3,(H,17,19,20). The monoisotopic (exact) mass is 335 g/mol. The molecule has 6 heteroatoms. The van der Waals surface area contributed by atoms with E-state index in [0.29, 0.717) is 6.54 Å². The molecule has 1 unspecified atom stereocenters. The van der Waals surface area contributed by atoms with Crippen molar-refractivity contribution < 1.29 is 9.59 Å². The predicted molar refractivity (Wildman–Crippen MR) is 78.7 cm³/mol. The second-order valence-electron chi connectivity index (χ2n) is 5.17. The first-order valence-electron chi connectivity index (χ1n) is 6.40. The highest BCUT2D eigenvalue weighted by Crippen LogP contribution is 2.36. The van der Waals surface area contributed by atoms with E-state index in [-0.39, 0.29) is 18.2 Å². The molecule has 1 aromatic rings. The van der Waals surface area contributed by atoms with Crippen LogP contribution in [0.2, 0.25) is 0 Å². The summed E-state index contributed by atoms with van der Waals surface area (Å²) in [6.07, 6.45) is 0.202. The molecule has 0 aliphatic carbocycles. The Bertz CT molecular complexity index is 654. The van der Waals surface area contributed by atoms with Gasteiger partial charge in [-0.2, -0.15) is 0 Å². The lowest BCUT2D eigenvalue weighted by molar-refractivity contribution is -0.125. The number of halogens is 1. The van der Waals surface area contributed by atoms with Crippen LogP contribution in [0.3, 0.4) is 0 Å². The maximum absolute atomic E-state index is 11.8. The molecule has 1 fully saturated rings. The molecule has 0 aromatic heterocycles. The minimum Gasteiger partial charge on any atom is -0.343 e. The Morgan fingerprint density at radius 2 is 2.10 bits per heavy atom. The van der Waals surface area contributed by atoms with Crippen molar-refractivity contribution in [2.75, 3.05) is 0 Å². The largest absolute Gasteiger partial charge is 0.343 e. The van der Waals surface area contributed by atoms with Gasteiger partial charge in [-0.05, 0) is 47.0 Å². The fourth-order valence-corrected chi connectivity index (χ4v) is 3.41. The smallest absolute Gasteiger partial charge is 0.249 e. The van der Waals surface area contributed by atoms with E-state index in [1.807, 2.05) is 24.8 Å². The fourth-order valence-electron chi connectivity index (χ4n) is 2.70. The second-order valence-corrected chi connectivity index (χ2v) is 6.03. The Balaban J connectivity index is 1.99. The van der Waals surface area contributed by atoms with E-state index in [9.17, 15) is 9.59 Å². The summed E-state index contributed by atoms with van der Waals surface area (Å²) in [5.74, 6) is 0.306. The van der Waals surface area contributed by atoms with Gasteiger partial charge in [0.1, 0.15) is 11.9 Å². The summed E-state index contributed by atoms with van der Waals surface area (Å²) in [6.45, 7) is 4.48. The number of amides is 2. The first-order valence-corrected chi connectivity index (χ1v) is 7.19. The van der Waals surface area contributed by atoms with Crippen molar-refractivity contribution in [3.8, 4) is 0 Å². The van der Waals surface area contributed by atoms with Crippen LogP contribution in [0.15, 0.2) is 21.6 Å². The third-order valence-corrected chi connectivity index (χ3v) is 4.24. The Morgan fingerprint density at radius 3 is 2.75 bits per heavy atom. The average Bonchev–Trinajstić information content (AvgIpc) is 2.69. The summed E-state index contributed by atoms with van der Waals surface area (Å²) in [5, 5.41) is 2.35. The summed E-state index contributed by atoms with van der Waals surface area (Å²) in [4.78, 5) is 29.7. The van der Waals surface area contributed by atoms with Gasteiger partial charge in [-0.15, -0.1) is 0 Å².